The van der Waals surface area contributed by atoms with Crippen LogP contribution < -0.4 is 11.5 Å². The number of nitrogen functional groups attached to an aromatic ring is 1. The van der Waals surface area contributed by atoms with E-state index in [1.807, 2.05) is 12.1 Å². The van der Waals surface area contributed by atoms with Crippen molar-refractivity contribution in [1.29, 1.82) is 0 Å². The molecular weight excluding hydrogens is 244 g/mol. The standard InChI is InChI=1S/C10H13BrN2O/c1-6(14)10(13)5-7-2-3-9(12)8(11)4-7/h2-4,10H,5,12-13H2,1H3/t10-/m0/s1. The van der Waals surface area contributed by atoms with Gasteiger partial charge in [0.15, 0.2) is 0 Å². The van der Waals surface area contributed by atoms with E-state index in [0.717, 1.165) is 10.0 Å². The number of Topliss-reactive ketones (excluding diaryl/α,β-unsaturated/α-hetero) is 1. The van der Waals surface area contributed by atoms with Crippen LogP contribution in [0.5, 0.6) is 0 Å². The third-order valence-electron chi connectivity index (χ3n) is 2.04. The van der Waals surface area contributed by atoms with Crippen LogP contribution in [0.4, 0.5) is 5.69 Å². The number of rotatable bonds is 3. The average Bonchev–Trinajstić information content (AvgIpc) is 2.11. The normalized spacial score (nSPS) is 12.5. The average molecular weight is 257 g/mol. The number of carbonyl (C=O) groups excluding carboxylic acids is 1. The van der Waals surface area contributed by atoms with Gasteiger partial charge in [0.05, 0.1) is 6.04 Å². The fourth-order valence-electron chi connectivity index (χ4n) is 1.10. The molecule has 14 heavy (non-hydrogen) atoms. The molecule has 76 valence electrons. The zero-order chi connectivity index (χ0) is 10.7. The largest absolute Gasteiger partial charge is 0.398 e. The van der Waals surface area contributed by atoms with Crippen molar-refractivity contribution in [3.8, 4) is 0 Å². The van der Waals surface area contributed by atoms with Gasteiger partial charge in [0.1, 0.15) is 5.78 Å². The molecule has 1 aromatic rings. The molecule has 4 N–H and O–H groups in total. The van der Waals surface area contributed by atoms with Gasteiger partial charge in [-0.05, 0) is 47.0 Å². The molecule has 0 spiro atoms. The summed E-state index contributed by atoms with van der Waals surface area (Å²) in [6, 6.07) is 5.14. The zero-order valence-corrected chi connectivity index (χ0v) is 9.54. The lowest BCUT2D eigenvalue weighted by Gasteiger charge is -2.08. The first-order valence-electron chi connectivity index (χ1n) is 4.30. The van der Waals surface area contributed by atoms with Crippen molar-refractivity contribution in [2.75, 3.05) is 5.73 Å². The van der Waals surface area contributed by atoms with Gasteiger partial charge in [0, 0.05) is 10.2 Å². The van der Waals surface area contributed by atoms with E-state index in [4.69, 9.17) is 11.5 Å². The van der Waals surface area contributed by atoms with E-state index in [1.54, 1.807) is 6.07 Å². The summed E-state index contributed by atoms with van der Waals surface area (Å²) < 4.78 is 0.839. The van der Waals surface area contributed by atoms with Crippen molar-refractivity contribution in [2.45, 2.75) is 19.4 Å². The van der Waals surface area contributed by atoms with Crippen molar-refractivity contribution in [2.24, 2.45) is 5.73 Å². The number of ketones is 1. The number of benzene rings is 1. The number of halogens is 1. The molecule has 0 bridgehead atoms. The third-order valence-corrected chi connectivity index (χ3v) is 2.73. The van der Waals surface area contributed by atoms with Gasteiger partial charge in [-0.2, -0.15) is 0 Å². The lowest BCUT2D eigenvalue weighted by atomic mass is 10.0. The fraction of sp³-hybridized carbons (Fsp3) is 0.300. The van der Waals surface area contributed by atoms with E-state index >= 15 is 0 Å². The Morgan fingerprint density at radius 2 is 2.21 bits per heavy atom. The Hall–Kier alpha value is -0.870. The van der Waals surface area contributed by atoms with E-state index in [0.29, 0.717) is 12.1 Å². The highest BCUT2D eigenvalue weighted by atomic mass is 79.9. The molecule has 0 fully saturated rings. The second kappa shape index (κ2) is 4.57. The van der Waals surface area contributed by atoms with Gasteiger partial charge in [-0.25, -0.2) is 0 Å². The first-order valence-corrected chi connectivity index (χ1v) is 5.10. The molecule has 1 aromatic carbocycles. The highest BCUT2D eigenvalue weighted by molar-refractivity contribution is 9.10. The lowest BCUT2D eigenvalue weighted by Crippen LogP contribution is -2.30. The highest BCUT2D eigenvalue weighted by Crippen LogP contribution is 2.20. The Morgan fingerprint density at radius 1 is 1.57 bits per heavy atom. The summed E-state index contributed by atoms with van der Waals surface area (Å²) in [7, 11) is 0. The number of hydrogen-bond donors (Lipinski definition) is 2. The molecular formula is C10H13BrN2O. The molecule has 0 radical (unpaired) electrons. The molecule has 0 saturated heterocycles. The maximum absolute atomic E-state index is 10.9. The second-order valence-electron chi connectivity index (χ2n) is 3.28. The van der Waals surface area contributed by atoms with Gasteiger partial charge >= 0.3 is 0 Å². The molecule has 0 aliphatic carbocycles. The monoisotopic (exact) mass is 256 g/mol. The summed E-state index contributed by atoms with van der Waals surface area (Å²) in [4.78, 5) is 10.9. The van der Waals surface area contributed by atoms with Crippen LogP contribution >= 0.6 is 15.9 Å². The molecule has 0 amide bonds. The molecule has 3 nitrogen and oxygen atoms in total. The van der Waals surface area contributed by atoms with Crippen LogP contribution in [0.1, 0.15) is 12.5 Å². The topological polar surface area (TPSA) is 69.1 Å². The van der Waals surface area contributed by atoms with Crippen molar-refractivity contribution >= 4 is 27.4 Å². The van der Waals surface area contributed by atoms with Crippen molar-refractivity contribution in [1.82, 2.24) is 0 Å². The molecule has 0 saturated carbocycles. The number of hydrogen-bond acceptors (Lipinski definition) is 3. The summed E-state index contributed by atoms with van der Waals surface area (Å²) in [5.74, 6) is -0.00190. The second-order valence-corrected chi connectivity index (χ2v) is 4.13. The molecule has 0 aliphatic heterocycles. The Bertz CT molecular complexity index is 352. The predicted octanol–water partition coefficient (Wildman–Crippen LogP) is 1.49. The minimum atomic E-state index is -0.425. The van der Waals surface area contributed by atoms with Crippen molar-refractivity contribution in [3.63, 3.8) is 0 Å². The van der Waals surface area contributed by atoms with Crippen LogP contribution in [0.25, 0.3) is 0 Å². The Kier molecular flexibility index (Phi) is 3.66. The summed E-state index contributed by atoms with van der Waals surface area (Å²) in [6.45, 7) is 1.50. The molecule has 0 heterocycles. The van der Waals surface area contributed by atoms with Gasteiger partial charge in [0.25, 0.3) is 0 Å². The number of carbonyl (C=O) groups is 1. The Labute approximate surface area is 91.6 Å². The maximum atomic E-state index is 10.9. The number of anilines is 1. The van der Waals surface area contributed by atoms with Gasteiger partial charge < -0.3 is 11.5 Å². The minimum Gasteiger partial charge on any atom is -0.398 e. The van der Waals surface area contributed by atoms with Crippen LogP contribution in [-0.4, -0.2) is 11.8 Å². The molecule has 1 rings (SSSR count). The SMILES string of the molecule is CC(=O)[C@@H](N)Cc1ccc(N)c(Br)c1. The van der Waals surface area contributed by atoms with E-state index in [1.165, 1.54) is 6.92 Å². The zero-order valence-electron chi connectivity index (χ0n) is 7.96. The van der Waals surface area contributed by atoms with Gasteiger partial charge in [-0.3, -0.25) is 4.79 Å². The fourth-order valence-corrected chi connectivity index (χ4v) is 1.52. The van der Waals surface area contributed by atoms with E-state index in [2.05, 4.69) is 15.9 Å². The van der Waals surface area contributed by atoms with E-state index < -0.39 is 6.04 Å². The van der Waals surface area contributed by atoms with Gasteiger partial charge in [0.2, 0.25) is 0 Å². The Morgan fingerprint density at radius 3 is 2.71 bits per heavy atom. The molecule has 4 heteroatoms. The molecule has 1 atom stereocenters. The first-order chi connectivity index (χ1) is 6.50. The lowest BCUT2D eigenvalue weighted by molar-refractivity contribution is -0.118. The van der Waals surface area contributed by atoms with Crippen molar-refractivity contribution in [3.05, 3.63) is 28.2 Å². The van der Waals surface area contributed by atoms with Crippen LogP contribution in [0, 0.1) is 0 Å². The molecule has 0 aliphatic rings. The number of nitrogens with two attached hydrogens (primary N) is 2. The van der Waals surface area contributed by atoms with Crippen LogP contribution in [0.15, 0.2) is 22.7 Å². The Balaban J connectivity index is 2.78. The summed E-state index contributed by atoms with van der Waals surface area (Å²) in [5, 5.41) is 0. The highest BCUT2D eigenvalue weighted by Gasteiger charge is 2.09. The summed E-state index contributed by atoms with van der Waals surface area (Å²) in [6.07, 6.45) is 0.550. The van der Waals surface area contributed by atoms with E-state index in [-0.39, 0.29) is 5.78 Å². The maximum Gasteiger partial charge on any atom is 0.146 e. The quantitative estimate of drug-likeness (QED) is 0.806. The molecule has 0 unspecified atom stereocenters. The summed E-state index contributed by atoms with van der Waals surface area (Å²) in [5.41, 5.74) is 13.0. The molecule has 0 aromatic heterocycles. The van der Waals surface area contributed by atoms with Crippen LogP contribution in [-0.2, 0) is 11.2 Å². The smallest absolute Gasteiger partial charge is 0.146 e. The first kappa shape index (κ1) is 11.2. The summed E-state index contributed by atoms with van der Waals surface area (Å²) >= 11 is 3.32. The van der Waals surface area contributed by atoms with E-state index in [9.17, 15) is 4.79 Å². The van der Waals surface area contributed by atoms with Crippen molar-refractivity contribution < 1.29 is 4.79 Å². The minimum absolute atomic E-state index is 0.00190. The van der Waals surface area contributed by atoms with Gasteiger partial charge in [-0.15, -0.1) is 0 Å². The van der Waals surface area contributed by atoms with Crippen LogP contribution in [0.3, 0.4) is 0 Å². The van der Waals surface area contributed by atoms with Crippen LogP contribution in [0.2, 0.25) is 0 Å². The van der Waals surface area contributed by atoms with Gasteiger partial charge in [-0.1, -0.05) is 6.07 Å². The third kappa shape index (κ3) is 2.82. The predicted molar refractivity (Wildman–Crippen MR) is 60.9 cm³/mol.